The van der Waals surface area contributed by atoms with Gasteiger partial charge in [0, 0.05) is 69.3 Å². The number of carboxylic acid groups (broad SMARTS) is 1. The minimum atomic E-state index is -0.827. The smallest absolute Gasteiger partial charge is 0.307 e. The summed E-state index contributed by atoms with van der Waals surface area (Å²) >= 11 is 0. The lowest BCUT2D eigenvalue weighted by atomic mass is 9.81. The predicted octanol–water partition coefficient (Wildman–Crippen LogP) is 7.61. The molecule has 0 spiro atoms. The van der Waals surface area contributed by atoms with Crippen LogP contribution in [-0.4, -0.2) is 71.1 Å². The molecular weight excluding hydrogens is 655 g/mol. The zero-order chi connectivity index (χ0) is 37.6. The molecular formula is C43H61FN4O4. The molecule has 8 nitrogen and oxygen atoms in total. The Morgan fingerprint density at radius 2 is 1.73 bits per heavy atom. The second kappa shape index (κ2) is 17.2. The Morgan fingerprint density at radius 1 is 1.04 bits per heavy atom. The maximum atomic E-state index is 13.7. The van der Waals surface area contributed by atoms with Crippen molar-refractivity contribution in [2.24, 2.45) is 11.3 Å². The molecule has 2 saturated heterocycles. The number of nitrogens with zero attached hydrogens (tertiary/aromatic N) is 3. The molecule has 3 aromatic rings. The lowest BCUT2D eigenvalue weighted by Crippen LogP contribution is -2.38. The van der Waals surface area contributed by atoms with E-state index in [9.17, 15) is 14.3 Å². The molecule has 0 unspecified atom stereocenters. The Morgan fingerprint density at radius 3 is 2.38 bits per heavy atom. The summed E-state index contributed by atoms with van der Waals surface area (Å²) in [5.41, 5.74) is 10.5. The molecule has 1 aromatic heterocycles. The summed E-state index contributed by atoms with van der Waals surface area (Å²) in [4.78, 5) is 22.3. The number of ether oxygens (including phenoxy) is 1. The third-order valence-electron chi connectivity index (χ3n) is 10.7. The summed E-state index contributed by atoms with van der Waals surface area (Å²) in [5, 5.41) is 22.3. The molecule has 3 N–H and O–H groups in total. The highest BCUT2D eigenvalue weighted by Crippen LogP contribution is 2.42. The van der Waals surface area contributed by atoms with Crippen LogP contribution in [0, 0.1) is 31.0 Å². The number of pyridine rings is 1. The van der Waals surface area contributed by atoms with Gasteiger partial charge in [0.15, 0.2) is 0 Å². The number of carbonyl (C=O) groups is 1. The van der Waals surface area contributed by atoms with Gasteiger partial charge in [-0.25, -0.2) is 4.39 Å². The molecule has 2 fully saturated rings. The molecule has 9 heteroatoms. The van der Waals surface area contributed by atoms with Crippen LogP contribution in [0.4, 0.5) is 10.1 Å². The molecule has 0 amide bonds. The maximum absolute atomic E-state index is 13.7. The molecule has 3 aliphatic rings. The summed E-state index contributed by atoms with van der Waals surface area (Å²) in [6.45, 7) is 21.4. The summed E-state index contributed by atoms with van der Waals surface area (Å²) in [6.07, 6.45) is 5.15. The van der Waals surface area contributed by atoms with Crippen molar-refractivity contribution in [3.05, 3.63) is 81.4 Å². The van der Waals surface area contributed by atoms with Crippen molar-refractivity contribution in [1.82, 2.24) is 15.2 Å². The molecule has 6 rings (SSSR count). The maximum Gasteiger partial charge on any atom is 0.307 e. The van der Waals surface area contributed by atoms with Gasteiger partial charge in [0.25, 0.3) is 0 Å². The Hall–Kier alpha value is -3.37. The second-order valence-corrected chi connectivity index (χ2v) is 16.9. The van der Waals surface area contributed by atoms with Crippen molar-refractivity contribution in [2.75, 3.05) is 44.3 Å². The van der Waals surface area contributed by atoms with Gasteiger partial charge in [0.2, 0.25) is 0 Å². The molecule has 0 aliphatic carbocycles. The summed E-state index contributed by atoms with van der Waals surface area (Å²) < 4.78 is 19.3. The highest BCUT2D eigenvalue weighted by molar-refractivity contribution is 5.87. The van der Waals surface area contributed by atoms with Gasteiger partial charge in [0.1, 0.15) is 5.82 Å². The third-order valence-corrected chi connectivity index (χ3v) is 10.7. The van der Waals surface area contributed by atoms with E-state index in [1.807, 2.05) is 19.9 Å². The van der Waals surface area contributed by atoms with Gasteiger partial charge < -0.3 is 25.2 Å². The molecule has 0 atom stereocenters. The number of hydrogen-bond acceptors (Lipinski definition) is 7. The first-order valence-electron chi connectivity index (χ1n) is 19.2. The molecule has 4 heterocycles. The Kier molecular flexibility index (Phi) is 13.2. The number of fused-ring (bicyclic) bond motifs is 1. The molecule has 0 radical (unpaired) electrons. The van der Waals surface area contributed by atoms with Crippen LogP contribution >= 0.6 is 0 Å². The van der Waals surface area contributed by atoms with E-state index >= 15 is 0 Å². The minimum Gasteiger partial charge on any atom is -0.481 e. The van der Waals surface area contributed by atoms with Gasteiger partial charge in [-0.3, -0.25) is 14.7 Å². The molecule has 0 saturated carbocycles. The Balaban J connectivity index is 0.000000979. The van der Waals surface area contributed by atoms with E-state index < -0.39 is 11.6 Å². The second-order valence-electron chi connectivity index (χ2n) is 16.9. The number of piperidine rings is 1. The van der Waals surface area contributed by atoms with Crippen LogP contribution in [-0.2, 0) is 42.0 Å². The molecule has 0 bridgehead atoms. The van der Waals surface area contributed by atoms with Crippen LogP contribution in [0.3, 0.4) is 0 Å². The average molecular weight is 717 g/mol. The van der Waals surface area contributed by atoms with Gasteiger partial charge in [-0.1, -0.05) is 38.1 Å². The minimum absolute atomic E-state index is 0.0421. The first-order chi connectivity index (χ1) is 24.6. The van der Waals surface area contributed by atoms with Gasteiger partial charge in [0.05, 0.1) is 23.4 Å². The van der Waals surface area contributed by atoms with Crippen LogP contribution < -0.4 is 10.2 Å². The van der Waals surface area contributed by atoms with E-state index in [4.69, 9.17) is 14.8 Å². The summed E-state index contributed by atoms with van der Waals surface area (Å²) in [7, 11) is 0. The standard InChI is InChI=1S/C39H51FN4O3.C4H10O/c1-26-19-33(40)8-7-31(26)24-43-14-9-29-20-30(5-6-32(29)25-43)37-35(23-41-22-28-10-17-47-18-11-28)42-27(2)34(21-36(45)46)38(37)44-15-12-39(3,4)13-16-44;1-4(2,3)5/h5-8,19-20,28,41H,9-18,21-25H2,1-4H3,(H,45,46);5H,1-3H3. The number of carboxylic acids is 1. The zero-order valence-electron chi connectivity index (χ0n) is 32.6. The fourth-order valence-corrected chi connectivity index (χ4v) is 7.59. The number of halogens is 1. The average Bonchev–Trinajstić information content (AvgIpc) is 3.06. The number of anilines is 1. The van der Waals surface area contributed by atoms with E-state index in [2.05, 4.69) is 47.2 Å². The SMILES string of the molecule is CC(C)(C)O.Cc1cc(F)ccc1CN1CCc2cc(-c3c(CNCC4CCOCC4)nc(C)c(CC(=O)O)c3N3CCC(C)(C)CC3)ccc2C1. The van der Waals surface area contributed by atoms with Gasteiger partial charge in [-0.15, -0.1) is 0 Å². The van der Waals surface area contributed by atoms with Crippen molar-refractivity contribution >= 4 is 11.7 Å². The fourth-order valence-electron chi connectivity index (χ4n) is 7.59. The summed E-state index contributed by atoms with van der Waals surface area (Å²) in [6, 6.07) is 11.9. The highest BCUT2D eigenvalue weighted by Gasteiger charge is 2.31. The third kappa shape index (κ3) is 11.1. The zero-order valence-corrected chi connectivity index (χ0v) is 32.6. The van der Waals surface area contributed by atoms with E-state index in [-0.39, 0.29) is 17.7 Å². The van der Waals surface area contributed by atoms with Gasteiger partial charge in [-0.2, -0.15) is 0 Å². The Bertz CT molecular complexity index is 1680. The largest absolute Gasteiger partial charge is 0.481 e. The number of aromatic nitrogens is 1. The van der Waals surface area contributed by atoms with Crippen molar-refractivity contribution in [1.29, 1.82) is 0 Å². The quantitative estimate of drug-likeness (QED) is 0.197. The normalized spacial score (nSPS) is 18.1. The number of nitrogens with one attached hydrogen (secondary N) is 1. The van der Waals surface area contributed by atoms with Crippen molar-refractivity contribution in [3.8, 4) is 11.1 Å². The lowest BCUT2D eigenvalue weighted by molar-refractivity contribution is -0.136. The topological polar surface area (TPSA) is 98.2 Å². The first-order valence-corrected chi connectivity index (χ1v) is 19.2. The lowest BCUT2D eigenvalue weighted by Gasteiger charge is -2.40. The van der Waals surface area contributed by atoms with Crippen molar-refractivity contribution in [3.63, 3.8) is 0 Å². The molecule has 3 aliphatic heterocycles. The van der Waals surface area contributed by atoms with Gasteiger partial charge in [-0.05, 0) is 125 Å². The number of hydrogen-bond donors (Lipinski definition) is 3. The van der Waals surface area contributed by atoms with Crippen LogP contribution in [0.5, 0.6) is 0 Å². The van der Waals surface area contributed by atoms with E-state index in [1.54, 1.807) is 32.9 Å². The molecule has 52 heavy (non-hydrogen) atoms. The number of benzene rings is 2. The van der Waals surface area contributed by atoms with Crippen LogP contribution in [0.2, 0.25) is 0 Å². The fraction of sp³-hybridized carbons (Fsp3) is 0.581. The summed E-state index contributed by atoms with van der Waals surface area (Å²) in [5.74, 6) is -0.425. The molecule has 2 aromatic carbocycles. The monoisotopic (exact) mass is 716 g/mol. The number of aryl methyl sites for hydroxylation is 2. The van der Waals surface area contributed by atoms with Crippen molar-refractivity contribution < 1.29 is 24.1 Å². The van der Waals surface area contributed by atoms with Crippen molar-refractivity contribution in [2.45, 2.75) is 112 Å². The van der Waals surface area contributed by atoms with Crippen LogP contribution in [0.15, 0.2) is 36.4 Å². The van der Waals surface area contributed by atoms with E-state index in [0.29, 0.717) is 12.5 Å². The highest BCUT2D eigenvalue weighted by atomic mass is 19.1. The van der Waals surface area contributed by atoms with E-state index in [0.717, 1.165) is 129 Å². The van der Waals surface area contributed by atoms with Gasteiger partial charge >= 0.3 is 5.97 Å². The molecule has 284 valence electrons. The first kappa shape index (κ1) is 39.8. The van der Waals surface area contributed by atoms with Crippen LogP contribution in [0.25, 0.3) is 11.1 Å². The number of rotatable bonds is 10. The number of aliphatic carboxylic acids is 1. The van der Waals surface area contributed by atoms with Crippen LogP contribution in [0.1, 0.15) is 99.5 Å². The number of aliphatic hydroxyl groups is 1. The predicted molar refractivity (Wildman–Crippen MR) is 207 cm³/mol. The Labute approximate surface area is 310 Å². The van der Waals surface area contributed by atoms with E-state index in [1.165, 1.54) is 11.1 Å².